The van der Waals surface area contributed by atoms with Crippen molar-refractivity contribution in [3.05, 3.63) is 149 Å². The molecule has 0 spiro atoms. The van der Waals surface area contributed by atoms with Crippen LogP contribution in [0.2, 0.25) is 0 Å². The highest BCUT2D eigenvalue weighted by Gasteiger charge is 2.33. The zero-order valence-electron chi connectivity index (χ0n) is 37.6. The molecule has 5 rings (SSSR count). The van der Waals surface area contributed by atoms with E-state index >= 15 is 0 Å². The van der Waals surface area contributed by atoms with Crippen LogP contribution in [-0.2, 0) is 56.1 Å². The first kappa shape index (κ1) is 50.4. The molecule has 0 aromatic heterocycles. The zero-order valence-corrected chi connectivity index (χ0v) is 37.6. The lowest BCUT2D eigenvalue weighted by molar-refractivity contribution is -0.134. The summed E-state index contributed by atoms with van der Waals surface area (Å²) >= 11 is 0. The van der Waals surface area contributed by atoms with Crippen molar-refractivity contribution in [2.75, 3.05) is 13.1 Å². The van der Waals surface area contributed by atoms with Crippen molar-refractivity contribution >= 4 is 29.5 Å². The molecule has 11 N–H and O–H groups in total. The number of carbonyl (C=O) groups is 5. The van der Waals surface area contributed by atoms with Crippen LogP contribution in [-0.4, -0.2) is 98.4 Å². The fourth-order valence-corrected chi connectivity index (χ4v) is 7.21. The summed E-state index contributed by atoms with van der Waals surface area (Å²) < 4.78 is 0. The van der Waals surface area contributed by atoms with Gasteiger partial charge in [0, 0.05) is 32.2 Å². The summed E-state index contributed by atoms with van der Waals surface area (Å²) in [5.41, 5.74) is 3.08. The van der Waals surface area contributed by atoms with Crippen LogP contribution in [0.4, 0.5) is 0 Å². The first-order chi connectivity index (χ1) is 32.2. The average Bonchev–Trinajstić information content (AvgIpc) is 3.31. The van der Waals surface area contributed by atoms with E-state index in [4.69, 9.17) is 0 Å². The fraction of sp³-hybridized carbons (Fsp3) is 0.314. The van der Waals surface area contributed by atoms with Crippen molar-refractivity contribution in [2.45, 2.75) is 89.0 Å². The summed E-state index contributed by atoms with van der Waals surface area (Å²) in [5.74, 6) is -3.16. The molecule has 5 aromatic carbocycles. The van der Waals surface area contributed by atoms with E-state index < -0.39 is 59.7 Å². The van der Waals surface area contributed by atoms with Gasteiger partial charge in [0.25, 0.3) is 0 Å². The van der Waals surface area contributed by atoms with Gasteiger partial charge in [0.1, 0.15) is 52.9 Å². The second kappa shape index (κ2) is 25.2. The summed E-state index contributed by atoms with van der Waals surface area (Å²) in [7, 11) is 0. The molecule has 0 radical (unpaired) electrons. The van der Waals surface area contributed by atoms with Gasteiger partial charge in [-0.25, -0.2) is 0 Å². The predicted molar refractivity (Wildman–Crippen MR) is 252 cm³/mol. The fourth-order valence-electron chi connectivity index (χ4n) is 7.21. The van der Waals surface area contributed by atoms with Gasteiger partial charge in [-0.05, 0) is 114 Å². The molecule has 0 fully saturated rings. The normalized spacial score (nSPS) is 13.2. The molecule has 0 saturated carbocycles. The van der Waals surface area contributed by atoms with E-state index in [1.807, 2.05) is 13.8 Å². The van der Waals surface area contributed by atoms with E-state index in [2.05, 4.69) is 31.9 Å². The SMILES string of the molecule is CCCNC(=O)[C@H](Cc1ccc(O)cc1)NC(=O)[C@H](Cc1ccc(O)cc1)NC(=O)[C@H](Cc1ccc(O)cc1)NC(=O)[C@H](Cc1ccc(O)cc1)NC(=O)[C@H](Cc1ccc(O)cc1)NCCC. The monoisotopic (exact) mass is 916 g/mol. The number of rotatable bonds is 24. The van der Waals surface area contributed by atoms with Gasteiger partial charge in [-0.2, -0.15) is 0 Å². The van der Waals surface area contributed by atoms with Crippen LogP contribution in [0.1, 0.15) is 54.5 Å². The first-order valence-electron chi connectivity index (χ1n) is 22.3. The Kier molecular flexibility index (Phi) is 19.0. The topological polar surface area (TPSA) is 259 Å². The number of carbonyl (C=O) groups excluding carboxylic acids is 5. The Morgan fingerprint density at radius 1 is 0.343 bits per heavy atom. The molecular formula is C51H60N6O10. The molecular weight excluding hydrogens is 857 g/mol. The number of phenolic OH excluding ortho intramolecular Hbond substituents is 5. The Labute approximate surface area is 389 Å². The minimum atomic E-state index is -1.36. The van der Waals surface area contributed by atoms with Gasteiger partial charge in [0.05, 0.1) is 6.04 Å². The van der Waals surface area contributed by atoms with Crippen LogP contribution in [0.15, 0.2) is 121 Å². The second-order valence-corrected chi connectivity index (χ2v) is 16.4. The highest BCUT2D eigenvalue weighted by atomic mass is 16.3. The minimum absolute atomic E-state index is 0.00342. The summed E-state index contributed by atoms with van der Waals surface area (Å²) in [6.07, 6.45) is 1.38. The number of benzene rings is 5. The number of hydrogen-bond acceptors (Lipinski definition) is 11. The lowest BCUT2D eigenvalue weighted by Crippen LogP contribution is -2.60. The molecule has 0 heterocycles. The molecule has 5 atom stereocenters. The summed E-state index contributed by atoms with van der Waals surface area (Å²) in [5, 5.41) is 67.1. The maximum absolute atomic E-state index is 14.6. The van der Waals surface area contributed by atoms with Crippen LogP contribution >= 0.6 is 0 Å². The highest BCUT2D eigenvalue weighted by molar-refractivity contribution is 5.96. The van der Waals surface area contributed by atoms with E-state index in [1.165, 1.54) is 60.7 Å². The Morgan fingerprint density at radius 3 is 0.821 bits per heavy atom. The van der Waals surface area contributed by atoms with Crippen molar-refractivity contribution in [1.82, 2.24) is 31.9 Å². The van der Waals surface area contributed by atoms with E-state index in [1.54, 1.807) is 60.7 Å². The first-order valence-corrected chi connectivity index (χ1v) is 22.3. The van der Waals surface area contributed by atoms with Gasteiger partial charge in [-0.3, -0.25) is 24.0 Å². The van der Waals surface area contributed by atoms with Crippen molar-refractivity contribution in [3.8, 4) is 28.7 Å². The molecule has 0 aliphatic rings. The van der Waals surface area contributed by atoms with Gasteiger partial charge in [0.15, 0.2) is 0 Å². The van der Waals surface area contributed by atoms with Crippen molar-refractivity contribution < 1.29 is 49.5 Å². The molecule has 0 saturated heterocycles. The molecule has 0 aliphatic heterocycles. The molecule has 5 aromatic rings. The smallest absolute Gasteiger partial charge is 0.243 e. The van der Waals surface area contributed by atoms with Gasteiger partial charge in [-0.15, -0.1) is 0 Å². The summed E-state index contributed by atoms with van der Waals surface area (Å²) in [6, 6.07) is 24.9. The third-order valence-electron chi connectivity index (χ3n) is 10.9. The third kappa shape index (κ3) is 16.4. The van der Waals surface area contributed by atoms with Crippen molar-refractivity contribution in [3.63, 3.8) is 0 Å². The summed E-state index contributed by atoms with van der Waals surface area (Å²) in [6.45, 7) is 4.66. The number of amides is 5. The van der Waals surface area contributed by atoms with Crippen LogP contribution in [0.3, 0.4) is 0 Å². The zero-order chi connectivity index (χ0) is 48.3. The van der Waals surface area contributed by atoms with E-state index in [9.17, 15) is 49.5 Å². The number of nitrogens with one attached hydrogen (secondary N) is 6. The molecule has 5 amide bonds. The third-order valence-corrected chi connectivity index (χ3v) is 10.9. The van der Waals surface area contributed by atoms with Crippen LogP contribution in [0.25, 0.3) is 0 Å². The molecule has 0 bridgehead atoms. The van der Waals surface area contributed by atoms with Crippen LogP contribution in [0, 0.1) is 0 Å². The highest BCUT2D eigenvalue weighted by Crippen LogP contribution is 2.18. The number of hydrogen-bond donors (Lipinski definition) is 11. The van der Waals surface area contributed by atoms with E-state index in [0.29, 0.717) is 48.2 Å². The molecule has 0 unspecified atom stereocenters. The lowest BCUT2D eigenvalue weighted by atomic mass is 9.99. The molecule has 16 heteroatoms. The Morgan fingerprint density at radius 2 is 0.567 bits per heavy atom. The van der Waals surface area contributed by atoms with Gasteiger partial charge < -0.3 is 57.4 Å². The van der Waals surface area contributed by atoms with E-state index in [-0.39, 0.29) is 60.9 Å². The van der Waals surface area contributed by atoms with Gasteiger partial charge in [0.2, 0.25) is 29.5 Å². The molecule has 354 valence electrons. The van der Waals surface area contributed by atoms with Crippen LogP contribution < -0.4 is 31.9 Å². The van der Waals surface area contributed by atoms with Gasteiger partial charge >= 0.3 is 0 Å². The second-order valence-electron chi connectivity index (χ2n) is 16.4. The lowest BCUT2D eigenvalue weighted by Gasteiger charge is -2.28. The standard InChI is InChI=1S/C51H60N6O10/c1-3-25-52-42(27-32-5-15-37(58)16-6-32)48(64)55-44(29-34-9-19-39(60)20-10-34)50(66)57-46(31-36-13-23-41(62)24-14-36)51(67)56-45(30-35-11-21-40(61)22-12-35)49(65)54-43(47(63)53-26-4-2)28-33-7-17-38(59)18-8-33/h5-24,42-46,52,58-62H,3-4,25-31H2,1-2H3,(H,53,63)(H,54,65)(H,55,64)(H,56,67)(H,57,66)/t42-,43-,44-,45-,46-/m0/s1. The minimum Gasteiger partial charge on any atom is -0.508 e. The Bertz CT molecular complexity index is 2380. The Balaban J connectivity index is 1.46. The number of phenols is 5. The molecule has 16 nitrogen and oxygen atoms in total. The molecule has 67 heavy (non-hydrogen) atoms. The van der Waals surface area contributed by atoms with Crippen LogP contribution in [0.5, 0.6) is 28.7 Å². The van der Waals surface area contributed by atoms with E-state index in [0.717, 1.165) is 5.56 Å². The largest absolute Gasteiger partial charge is 0.508 e. The Hall–Kier alpha value is -7.59. The predicted octanol–water partition coefficient (Wildman–Crippen LogP) is 3.56. The maximum Gasteiger partial charge on any atom is 0.243 e. The number of aromatic hydroxyl groups is 5. The van der Waals surface area contributed by atoms with Gasteiger partial charge in [-0.1, -0.05) is 74.5 Å². The maximum atomic E-state index is 14.6. The average molecular weight is 917 g/mol. The van der Waals surface area contributed by atoms with Crippen molar-refractivity contribution in [2.24, 2.45) is 0 Å². The summed E-state index contributed by atoms with van der Waals surface area (Å²) in [4.78, 5) is 71.2. The van der Waals surface area contributed by atoms with Crippen molar-refractivity contribution in [1.29, 1.82) is 0 Å². The quantitative estimate of drug-likeness (QED) is 0.0427. The molecule has 0 aliphatic carbocycles.